The van der Waals surface area contributed by atoms with E-state index >= 15 is 0 Å². The van der Waals surface area contributed by atoms with Crippen molar-refractivity contribution >= 4 is 34.7 Å². The lowest BCUT2D eigenvalue weighted by Crippen LogP contribution is -2.19. The average molecular weight is 375 g/mol. The highest BCUT2D eigenvalue weighted by atomic mass is 16.2. The minimum absolute atomic E-state index is 0.177. The Morgan fingerprint density at radius 1 is 0.929 bits per heavy atom. The van der Waals surface area contributed by atoms with Crippen molar-refractivity contribution in [2.24, 2.45) is 0 Å². The summed E-state index contributed by atoms with van der Waals surface area (Å²) in [5, 5.41) is 5.44. The van der Waals surface area contributed by atoms with E-state index in [1.165, 1.54) is 13.1 Å². The molecule has 0 atom stereocenters. The summed E-state index contributed by atoms with van der Waals surface area (Å²) in [5.74, 6) is 0.114. The molecule has 0 unspecified atom stereocenters. The zero-order valence-corrected chi connectivity index (χ0v) is 15.7. The van der Waals surface area contributed by atoms with Crippen LogP contribution in [-0.4, -0.2) is 28.3 Å². The van der Waals surface area contributed by atoms with E-state index in [9.17, 15) is 9.59 Å². The number of rotatable bonds is 6. The summed E-state index contributed by atoms with van der Waals surface area (Å²) in [7, 11) is 0. The fourth-order valence-corrected chi connectivity index (χ4v) is 2.74. The predicted molar refractivity (Wildman–Crippen MR) is 110 cm³/mol. The van der Waals surface area contributed by atoms with Gasteiger partial charge in [-0.25, -0.2) is 9.97 Å². The van der Waals surface area contributed by atoms with Crippen molar-refractivity contribution in [3.8, 4) is 0 Å². The fraction of sp³-hybridized carbons (Fsp3) is 0.143. The van der Waals surface area contributed by atoms with Crippen molar-refractivity contribution in [1.29, 1.82) is 0 Å². The van der Waals surface area contributed by atoms with Gasteiger partial charge in [-0.3, -0.25) is 9.59 Å². The molecule has 28 heavy (non-hydrogen) atoms. The van der Waals surface area contributed by atoms with Gasteiger partial charge in [0.2, 0.25) is 5.91 Å². The number of nitrogens with zero attached hydrogens (tertiary/aromatic N) is 3. The van der Waals surface area contributed by atoms with E-state index in [-0.39, 0.29) is 17.5 Å². The first-order valence-electron chi connectivity index (χ1n) is 8.90. The van der Waals surface area contributed by atoms with Gasteiger partial charge in [0.05, 0.1) is 12.4 Å². The molecule has 1 heterocycles. The third-order valence-corrected chi connectivity index (χ3v) is 3.97. The molecular weight excluding hydrogens is 354 g/mol. The van der Waals surface area contributed by atoms with Crippen LogP contribution in [0.4, 0.5) is 22.9 Å². The molecule has 3 aromatic rings. The number of amides is 2. The third-order valence-electron chi connectivity index (χ3n) is 3.97. The lowest BCUT2D eigenvalue weighted by molar-refractivity contribution is -0.114. The molecule has 142 valence electrons. The first-order valence-corrected chi connectivity index (χ1v) is 8.90. The van der Waals surface area contributed by atoms with Gasteiger partial charge >= 0.3 is 0 Å². The van der Waals surface area contributed by atoms with Gasteiger partial charge in [0.25, 0.3) is 5.91 Å². The number of carbonyl (C=O) groups excluding carboxylic acids is 2. The quantitative estimate of drug-likeness (QED) is 0.683. The Morgan fingerprint density at radius 3 is 2.25 bits per heavy atom. The molecule has 2 aromatic carbocycles. The summed E-state index contributed by atoms with van der Waals surface area (Å²) >= 11 is 0. The van der Waals surface area contributed by atoms with Gasteiger partial charge < -0.3 is 15.5 Å². The maximum Gasteiger partial charge on any atom is 0.275 e. The lowest BCUT2D eigenvalue weighted by atomic mass is 10.2. The normalized spacial score (nSPS) is 10.2. The van der Waals surface area contributed by atoms with Gasteiger partial charge in [-0.05, 0) is 37.3 Å². The van der Waals surface area contributed by atoms with Crippen LogP contribution in [0, 0.1) is 0 Å². The molecule has 7 heteroatoms. The monoisotopic (exact) mass is 375 g/mol. The molecule has 0 fully saturated rings. The Hall–Kier alpha value is -3.74. The number of nitrogens with one attached hydrogen (secondary N) is 2. The van der Waals surface area contributed by atoms with E-state index in [0.717, 1.165) is 12.2 Å². The zero-order valence-electron chi connectivity index (χ0n) is 15.7. The Balaban J connectivity index is 1.72. The number of para-hydroxylation sites is 1. The Kier molecular flexibility index (Phi) is 5.96. The molecule has 0 saturated heterocycles. The summed E-state index contributed by atoms with van der Waals surface area (Å²) in [5.41, 5.74) is 2.37. The molecule has 0 aliphatic carbocycles. The summed E-state index contributed by atoms with van der Waals surface area (Å²) in [6, 6.07) is 16.8. The summed E-state index contributed by atoms with van der Waals surface area (Å²) in [6.07, 6.45) is 3.03. The highest BCUT2D eigenvalue weighted by Gasteiger charge is 2.12. The SMILES string of the molecule is CCN(c1ccccc1)c1cnc(C(=O)Nc2cccc(NC(C)=O)c2)cn1. The van der Waals surface area contributed by atoms with Crippen LogP contribution in [0.5, 0.6) is 0 Å². The van der Waals surface area contributed by atoms with Crippen LogP contribution in [0.2, 0.25) is 0 Å². The van der Waals surface area contributed by atoms with E-state index < -0.39 is 0 Å². The smallest absolute Gasteiger partial charge is 0.275 e. The zero-order chi connectivity index (χ0) is 19.9. The van der Waals surface area contributed by atoms with Crippen molar-refractivity contribution in [1.82, 2.24) is 9.97 Å². The second-order valence-electron chi connectivity index (χ2n) is 6.06. The van der Waals surface area contributed by atoms with Crippen LogP contribution in [0.3, 0.4) is 0 Å². The van der Waals surface area contributed by atoms with Crippen molar-refractivity contribution in [3.63, 3.8) is 0 Å². The number of hydrogen-bond acceptors (Lipinski definition) is 5. The predicted octanol–water partition coefficient (Wildman–Crippen LogP) is 3.85. The summed E-state index contributed by atoms with van der Waals surface area (Å²) in [4.78, 5) is 34.3. The van der Waals surface area contributed by atoms with Gasteiger partial charge in [-0.2, -0.15) is 0 Å². The molecule has 0 aliphatic heterocycles. The van der Waals surface area contributed by atoms with Crippen LogP contribution in [-0.2, 0) is 4.79 Å². The minimum Gasteiger partial charge on any atom is -0.326 e. The molecule has 0 radical (unpaired) electrons. The number of benzene rings is 2. The summed E-state index contributed by atoms with van der Waals surface area (Å²) < 4.78 is 0. The molecule has 2 N–H and O–H groups in total. The van der Waals surface area contributed by atoms with Gasteiger partial charge in [-0.1, -0.05) is 24.3 Å². The molecule has 0 aliphatic rings. The van der Waals surface area contributed by atoms with Gasteiger partial charge in [0, 0.05) is 30.5 Å². The molecule has 3 rings (SSSR count). The number of aromatic nitrogens is 2. The van der Waals surface area contributed by atoms with E-state index in [1.54, 1.807) is 30.5 Å². The maximum absolute atomic E-state index is 12.5. The van der Waals surface area contributed by atoms with Crippen molar-refractivity contribution in [3.05, 3.63) is 72.7 Å². The van der Waals surface area contributed by atoms with E-state index in [1.807, 2.05) is 42.2 Å². The van der Waals surface area contributed by atoms with E-state index in [2.05, 4.69) is 20.6 Å². The number of hydrogen-bond donors (Lipinski definition) is 2. The van der Waals surface area contributed by atoms with E-state index in [0.29, 0.717) is 17.2 Å². The number of carbonyl (C=O) groups is 2. The fourth-order valence-electron chi connectivity index (χ4n) is 2.74. The molecule has 0 bridgehead atoms. The summed E-state index contributed by atoms with van der Waals surface area (Å²) in [6.45, 7) is 4.18. The Bertz CT molecular complexity index is 958. The second-order valence-corrected chi connectivity index (χ2v) is 6.06. The molecular formula is C21H21N5O2. The second kappa shape index (κ2) is 8.77. The molecule has 0 saturated carbocycles. The Labute approximate surface area is 163 Å². The van der Waals surface area contributed by atoms with Crippen LogP contribution in [0.1, 0.15) is 24.3 Å². The Morgan fingerprint density at radius 2 is 1.64 bits per heavy atom. The standard InChI is InChI=1S/C21H21N5O2/c1-3-26(18-10-5-4-6-11-18)20-14-22-19(13-23-20)21(28)25-17-9-7-8-16(12-17)24-15(2)27/h4-14H,3H2,1-2H3,(H,24,27)(H,25,28). The van der Waals surface area contributed by atoms with Crippen LogP contribution in [0.15, 0.2) is 67.0 Å². The van der Waals surface area contributed by atoms with Gasteiger partial charge in [0.1, 0.15) is 5.69 Å². The lowest BCUT2D eigenvalue weighted by Gasteiger charge is -2.21. The van der Waals surface area contributed by atoms with Crippen LogP contribution < -0.4 is 15.5 Å². The van der Waals surface area contributed by atoms with Crippen molar-refractivity contribution < 1.29 is 9.59 Å². The largest absolute Gasteiger partial charge is 0.326 e. The first-order chi connectivity index (χ1) is 13.6. The molecule has 2 amide bonds. The highest BCUT2D eigenvalue weighted by molar-refractivity contribution is 6.03. The van der Waals surface area contributed by atoms with Crippen molar-refractivity contribution in [2.75, 3.05) is 22.1 Å². The molecule has 0 spiro atoms. The van der Waals surface area contributed by atoms with E-state index in [4.69, 9.17) is 0 Å². The molecule has 7 nitrogen and oxygen atoms in total. The minimum atomic E-state index is -0.373. The average Bonchev–Trinajstić information content (AvgIpc) is 2.70. The molecule has 1 aromatic heterocycles. The highest BCUT2D eigenvalue weighted by Crippen LogP contribution is 2.22. The van der Waals surface area contributed by atoms with Crippen LogP contribution in [0.25, 0.3) is 0 Å². The number of anilines is 4. The van der Waals surface area contributed by atoms with Gasteiger partial charge in [-0.15, -0.1) is 0 Å². The topological polar surface area (TPSA) is 87.2 Å². The van der Waals surface area contributed by atoms with Gasteiger partial charge in [0.15, 0.2) is 5.82 Å². The maximum atomic E-state index is 12.5. The first kappa shape index (κ1) is 19.0. The third kappa shape index (κ3) is 4.70. The van der Waals surface area contributed by atoms with Crippen LogP contribution >= 0.6 is 0 Å². The van der Waals surface area contributed by atoms with Crippen molar-refractivity contribution in [2.45, 2.75) is 13.8 Å².